The van der Waals surface area contributed by atoms with E-state index in [-0.39, 0.29) is 6.10 Å². The molecule has 3 rings (SSSR count). The van der Waals surface area contributed by atoms with Crippen LogP contribution < -0.4 is 10.1 Å². The Morgan fingerprint density at radius 2 is 2.25 bits per heavy atom. The Morgan fingerprint density at radius 1 is 1.40 bits per heavy atom. The van der Waals surface area contributed by atoms with E-state index in [1.54, 1.807) is 7.11 Å². The number of nitrogens with one attached hydrogen (secondary N) is 1. The van der Waals surface area contributed by atoms with Gasteiger partial charge in [-0.05, 0) is 55.0 Å². The highest BCUT2D eigenvalue weighted by Crippen LogP contribution is 2.41. The van der Waals surface area contributed by atoms with Crippen LogP contribution in [0.4, 0.5) is 0 Å². The van der Waals surface area contributed by atoms with E-state index in [4.69, 9.17) is 4.74 Å². The summed E-state index contributed by atoms with van der Waals surface area (Å²) >= 11 is 0. The fraction of sp³-hybridized carbons (Fsp3) is 0.647. The maximum absolute atomic E-state index is 10.7. The highest BCUT2D eigenvalue weighted by Gasteiger charge is 2.38. The number of aliphatic hydroxyl groups is 1. The van der Waals surface area contributed by atoms with Gasteiger partial charge in [-0.1, -0.05) is 19.4 Å². The quantitative estimate of drug-likeness (QED) is 0.891. The summed E-state index contributed by atoms with van der Waals surface area (Å²) in [4.78, 5) is 0. The number of methoxy groups -OCH3 is 1. The Morgan fingerprint density at radius 3 is 3.00 bits per heavy atom. The number of rotatable bonds is 3. The van der Waals surface area contributed by atoms with E-state index in [1.165, 1.54) is 24.8 Å². The topological polar surface area (TPSA) is 41.5 Å². The molecule has 2 N–H and O–H groups in total. The van der Waals surface area contributed by atoms with Gasteiger partial charge in [0.05, 0.1) is 13.2 Å². The third-order valence-corrected chi connectivity index (χ3v) is 5.17. The molecule has 1 aliphatic heterocycles. The van der Waals surface area contributed by atoms with E-state index >= 15 is 0 Å². The molecule has 1 aromatic rings. The van der Waals surface area contributed by atoms with E-state index < -0.39 is 0 Å². The number of ether oxygens (including phenoxy) is 1. The van der Waals surface area contributed by atoms with Crippen molar-refractivity contribution in [2.24, 2.45) is 11.8 Å². The monoisotopic (exact) mass is 275 g/mol. The first-order valence-corrected chi connectivity index (χ1v) is 7.81. The van der Waals surface area contributed by atoms with Gasteiger partial charge < -0.3 is 15.2 Å². The van der Waals surface area contributed by atoms with Crippen LogP contribution in [-0.2, 0) is 6.42 Å². The molecule has 0 amide bonds. The van der Waals surface area contributed by atoms with Gasteiger partial charge in [-0.2, -0.15) is 0 Å². The van der Waals surface area contributed by atoms with Crippen molar-refractivity contribution in [1.29, 1.82) is 0 Å². The van der Waals surface area contributed by atoms with Crippen molar-refractivity contribution in [3.05, 3.63) is 29.3 Å². The Bertz CT molecular complexity index is 474. The maximum atomic E-state index is 10.7. The largest absolute Gasteiger partial charge is 0.497 e. The molecule has 2 aliphatic rings. The smallest absolute Gasteiger partial charge is 0.119 e. The zero-order chi connectivity index (χ0) is 14.1. The normalized spacial score (nSPS) is 33.0. The minimum Gasteiger partial charge on any atom is -0.497 e. The fourth-order valence-electron chi connectivity index (χ4n) is 3.85. The van der Waals surface area contributed by atoms with Crippen molar-refractivity contribution in [2.45, 2.75) is 44.8 Å². The lowest BCUT2D eigenvalue weighted by atomic mass is 9.82. The van der Waals surface area contributed by atoms with E-state index in [2.05, 4.69) is 18.3 Å². The van der Waals surface area contributed by atoms with Gasteiger partial charge in [-0.25, -0.2) is 0 Å². The summed E-state index contributed by atoms with van der Waals surface area (Å²) in [6.07, 6.45) is 4.35. The van der Waals surface area contributed by atoms with E-state index in [0.29, 0.717) is 12.0 Å². The summed E-state index contributed by atoms with van der Waals surface area (Å²) in [7, 11) is 1.68. The van der Waals surface area contributed by atoms with Crippen LogP contribution in [0.3, 0.4) is 0 Å². The summed E-state index contributed by atoms with van der Waals surface area (Å²) in [5.74, 6) is 1.96. The zero-order valence-electron chi connectivity index (χ0n) is 12.4. The molecule has 4 unspecified atom stereocenters. The summed E-state index contributed by atoms with van der Waals surface area (Å²) in [5.41, 5.74) is 2.35. The van der Waals surface area contributed by atoms with Crippen LogP contribution in [0.2, 0.25) is 0 Å². The van der Waals surface area contributed by atoms with Crippen molar-refractivity contribution in [3.8, 4) is 5.75 Å². The molecule has 3 nitrogen and oxygen atoms in total. The molecule has 1 saturated heterocycles. The lowest BCUT2D eigenvalue weighted by Crippen LogP contribution is -2.44. The average molecular weight is 275 g/mol. The second kappa shape index (κ2) is 5.74. The van der Waals surface area contributed by atoms with Gasteiger partial charge in [0.2, 0.25) is 0 Å². The van der Waals surface area contributed by atoms with Gasteiger partial charge in [-0.15, -0.1) is 0 Å². The number of fused-ring (bicyclic) bond motifs is 1. The molecule has 1 fully saturated rings. The van der Waals surface area contributed by atoms with Crippen molar-refractivity contribution < 1.29 is 9.84 Å². The van der Waals surface area contributed by atoms with Crippen LogP contribution in [0.5, 0.6) is 5.75 Å². The average Bonchev–Trinajstić information content (AvgIpc) is 2.84. The third kappa shape index (κ3) is 2.45. The molecule has 4 atom stereocenters. The van der Waals surface area contributed by atoms with Crippen molar-refractivity contribution in [2.75, 3.05) is 13.7 Å². The molecular weight excluding hydrogens is 250 g/mol. The van der Waals surface area contributed by atoms with Crippen LogP contribution >= 0.6 is 0 Å². The fourth-order valence-corrected chi connectivity index (χ4v) is 3.85. The molecule has 0 saturated carbocycles. The summed E-state index contributed by atoms with van der Waals surface area (Å²) in [6.45, 7) is 3.36. The first-order valence-electron chi connectivity index (χ1n) is 7.81. The Kier molecular flexibility index (Phi) is 3.99. The number of hydrogen-bond acceptors (Lipinski definition) is 3. The van der Waals surface area contributed by atoms with Crippen molar-refractivity contribution in [3.63, 3.8) is 0 Å². The summed E-state index contributed by atoms with van der Waals surface area (Å²) in [6, 6.07) is 6.55. The van der Waals surface area contributed by atoms with Crippen LogP contribution in [0, 0.1) is 11.8 Å². The number of hydrogen-bond donors (Lipinski definition) is 2. The molecule has 3 heteroatoms. The SMILES string of the molecule is CCC1CCNC(C2Cc3ccc(OC)cc3C2O)C1. The van der Waals surface area contributed by atoms with E-state index in [0.717, 1.165) is 30.2 Å². The third-order valence-electron chi connectivity index (χ3n) is 5.17. The van der Waals surface area contributed by atoms with Gasteiger partial charge >= 0.3 is 0 Å². The molecule has 0 spiro atoms. The maximum Gasteiger partial charge on any atom is 0.119 e. The van der Waals surface area contributed by atoms with Crippen LogP contribution in [0.1, 0.15) is 43.4 Å². The van der Waals surface area contributed by atoms with Crippen molar-refractivity contribution in [1.82, 2.24) is 5.32 Å². The zero-order valence-corrected chi connectivity index (χ0v) is 12.4. The number of aliphatic hydroxyl groups excluding tert-OH is 1. The van der Waals surface area contributed by atoms with Gasteiger partial charge in [0.25, 0.3) is 0 Å². The lowest BCUT2D eigenvalue weighted by Gasteiger charge is -2.35. The Labute approximate surface area is 121 Å². The molecule has 1 aromatic carbocycles. The Hall–Kier alpha value is -1.06. The molecule has 1 heterocycles. The first kappa shape index (κ1) is 13.9. The van der Waals surface area contributed by atoms with Crippen LogP contribution in [0.25, 0.3) is 0 Å². The van der Waals surface area contributed by atoms with Gasteiger partial charge in [0.1, 0.15) is 5.75 Å². The second-order valence-electron chi connectivity index (χ2n) is 6.24. The van der Waals surface area contributed by atoms with E-state index in [9.17, 15) is 5.11 Å². The molecule has 1 aliphatic carbocycles. The molecular formula is C17H25NO2. The van der Waals surface area contributed by atoms with Crippen LogP contribution in [-0.4, -0.2) is 24.8 Å². The van der Waals surface area contributed by atoms with Crippen LogP contribution in [0.15, 0.2) is 18.2 Å². The second-order valence-corrected chi connectivity index (χ2v) is 6.24. The number of benzene rings is 1. The molecule has 0 radical (unpaired) electrons. The predicted molar refractivity (Wildman–Crippen MR) is 80.0 cm³/mol. The number of piperidine rings is 1. The lowest BCUT2D eigenvalue weighted by molar-refractivity contribution is 0.0815. The minimum absolute atomic E-state index is 0.312. The highest BCUT2D eigenvalue weighted by atomic mass is 16.5. The highest BCUT2D eigenvalue weighted by molar-refractivity contribution is 5.41. The Balaban J connectivity index is 1.77. The molecule has 0 aromatic heterocycles. The first-order chi connectivity index (χ1) is 9.72. The van der Waals surface area contributed by atoms with Gasteiger partial charge in [0.15, 0.2) is 0 Å². The summed E-state index contributed by atoms with van der Waals surface area (Å²) < 4.78 is 5.28. The van der Waals surface area contributed by atoms with Gasteiger partial charge in [-0.3, -0.25) is 0 Å². The predicted octanol–water partition coefficient (Wildman–Crippen LogP) is 2.68. The molecule has 20 heavy (non-hydrogen) atoms. The van der Waals surface area contributed by atoms with Gasteiger partial charge in [0, 0.05) is 12.0 Å². The minimum atomic E-state index is -0.354. The molecule has 110 valence electrons. The molecule has 0 bridgehead atoms. The standard InChI is InChI=1S/C17H25NO2/c1-3-11-6-7-18-16(8-11)15-9-12-4-5-13(20-2)10-14(12)17(15)19/h4-5,10-11,15-19H,3,6-9H2,1-2H3. The van der Waals surface area contributed by atoms with E-state index in [1.807, 2.05) is 12.1 Å². The summed E-state index contributed by atoms with van der Waals surface area (Å²) in [5, 5.41) is 14.3. The van der Waals surface area contributed by atoms with Crippen molar-refractivity contribution >= 4 is 0 Å².